The molecule has 0 radical (unpaired) electrons. The van der Waals surface area contributed by atoms with Crippen LogP contribution in [0, 0.1) is 11.3 Å². The number of hydrogen-bond donors (Lipinski definition) is 2. The van der Waals surface area contributed by atoms with Crippen LogP contribution in [0.4, 0.5) is 0 Å². The molecule has 0 rings (SSSR count). The van der Waals surface area contributed by atoms with Crippen LogP contribution in [-0.2, 0) is 4.79 Å². The van der Waals surface area contributed by atoms with Gasteiger partial charge in [0.25, 0.3) is 0 Å². The van der Waals surface area contributed by atoms with E-state index in [9.17, 15) is 4.79 Å². The van der Waals surface area contributed by atoms with Crippen molar-refractivity contribution in [3.63, 3.8) is 0 Å². The Morgan fingerprint density at radius 1 is 1.43 bits per heavy atom. The highest BCUT2D eigenvalue weighted by Crippen LogP contribution is 2.17. The third kappa shape index (κ3) is 4.61. The molecule has 0 aromatic rings. The second kappa shape index (κ2) is 5.35. The molecule has 14 heavy (non-hydrogen) atoms. The van der Waals surface area contributed by atoms with Crippen LogP contribution < -0.4 is 11.1 Å². The number of amides is 1. The molecule has 0 saturated heterocycles. The normalized spacial score (nSPS) is 14.2. The van der Waals surface area contributed by atoms with Gasteiger partial charge in [-0.2, -0.15) is 0 Å². The molecule has 1 atom stereocenters. The number of rotatable bonds is 5. The van der Waals surface area contributed by atoms with E-state index in [0.29, 0.717) is 6.54 Å². The summed E-state index contributed by atoms with van der Waals surface area (Å²) in [6.07, 6.45) is 1.05. The smallest absolute Gasteiger partial charge is 0.237 e. The lowest BCUT2D eigenvalue weighted by Gasteiger charge is -2.24. The summed E-state index contributed by atoms with van der Waals surface area (Å²) in [4.78, 5) is 11.5. The van der Waals surface area contributed by atoms with Gasteiger partial charge in [-0.1, -0.05) is 34.6 Å². The molecule has 3 nitrogen and oxygen atoms in total. The van der Waals surface area contributed by atoms with E-state index in [0.717, 1.165) is 6.42 Å². The molecule has 0 heterocycles. The van der Waals surface area contributed by atoms with Crippen molar-refractivity contribution >= 4 is 5.91 Å². The van der Waals surface area contributed by atoms with E-state index in [1.165, 1.54) is 0 Å². The Labute approximate surface area is 87.4 Å². The molecule has 1 unspecified atom stereocenters. The van der Waals surface area contributed by atoms with E-state index >= 15 is 0 Å². The summed E-state index contributed by atoms with van der Waals surface area (Å²) in [6.45, 7) is 11.0. The van der Waals surface area contributed by atoms with Crippen molar-refractivity contribution in [1.82, 2.24) is 5.32 Å². The Bertz CT molecular complexity index is 188. The van der Waals surface area contributed by atoms with E-state index in [1.807, 2.05) is 13.8 Å². The predicted molar refractivity (Wildman–Crippen MR) is 59.9 cm³/mol. The van der Waals surface area contributed by atoms with Gasteiger partial charge in [-0.05, 0) is 17.8 Å². The van der Waals surface area contributed by atoms with E-state index < -0.39 is 0 Å². The summed E-state index contributed by atoms with van der Waals surface area (Å²) >= 11 is 0. The van der Waals surface area contributed by atoms with Crippen LogP contribution in [0.3, 0.4) is 0 Å². The molecule has 0 bridgehead atoms. The average Bonchev–Trinajstić information content (AvgIpc) is 2.13. The maximum absolute atomic E-state index is 11.5. The average molecular weight is 200 g/mol. The Morgan fingerprint density at radius 3 is 2.29 bits per heavy atom. The molecule has 0 aliphatic rings. The molecule has 84 valence electrons. The van der Waals surface area contributed by atoms with Gasteiger partial charge in [0, 0.05) is 6.54 Å². The van der Waals surface area contributed by atoms with Crippen molar-refractivity contribution in [3.05, 3.63) is 0 Å². The monoisotopic (exact) mass is 200 g/mol. The number of carbonyl (C=O) groups excluding carboxylic acids is 1. The van der Waals surface area contributed by atoms with Crippen molar-refractivity contribution in [2.45, 2.75) is 47.1 Å². The molecule has 3 N–H and O–H groups in total. The van der Waals surface area contributed by atoms with Crippen molar-refractivity contribution in [2.75, 3.05) is 6.54 Å². The maximum Gasteiger partial charge on any atom is 0.237 e. The van der Waals surface area contributed by atoms with Crippen LogP contribution in [0.15, 0.2) is 0 Å². The fraction of sp³-hybridized carbons (Fsp3) is 0.909. The van der Waals surface area contributed by atoms with Crippen LogP contribution in [0.1, 0.15) is 41.0 Å². The van der Waals surface area contributed by atoms with Crippen LogP contribution >= 0.6 is 0 Å². The minimum absolute atomic E-state index is 0.0403. The second-order valence-electron chi connectivity index (χ2n) is 5.01. The van der Waals surface area contributed by atoms with Gasteiger partial charge in [-0.15, -0.1) is 0 Å². The largest absolute Gasteiger partial charge is 0.354 e. The Hall–Kier alpha value is -0.570. The molecular weight excluding hydrogens is 176 g/mol. The topological polar surface area (TPSA) is 55.1 Å². The summed E-state index contributed by atoms with van der Waals surface area (Å²) in [5, 5.41) is 2.89. The second-order valence-corrected chi connectivity index (χ2v) is 5.01. The molecule has 1 amide bonds. The quantitative estimate of drug-likeness (QED) is 0.707. The highest BCUT2D eigenvalue weighted by molar-refractivity contribution is 5.81. The van der Waals surface area contributed by atoms with Crippen LogP contribution in [0.25, 0.3) is 0 Å². The van der Waals surface area contributed by atoms with Gasteiger partial charge < -0.3 is 11.1 Å². The number of nitrogens with two attached hydrogens (primary N) is 1. The highest BCUT2D eigenvalue weighted by Gasteiger charge is 2.20. The van der Waals surface area contributed by atoms with Gasteiger partial charge in [0.15, 0.2) is 0 Å². The summed E-state index contributed by atoms with van der Waals surface area (Å²) in [5.41, 5.74) is 5.88. The van der Waals surface area contributed by atoms with Crippen molar-refractivity contribution in [1.29, 1.82) is 0 Å². The minimum atomic E-state index is -0.386. The minimum Gasteiger partial charge on any atom is -0.354 e. The van der Waals surface area contributed by atoms with Crippen molar-refractivity contribution < 1.29 is 4.79 Å². The standard InChI is InChI=1S/C11H24N2O/c1-6-11(4,5)7-13-10(14)9(12)8(2)3/h8-9H,6-7,12H2,1-5H3,(H,13,14). The van der Waals surface area contributed by atoms with Gasteiger partial charge in [0.05, 0.1) is 6.04 Å². The van der Waals surface area contributed by atoms with Gasteiger partial charge in [0.2, 0.25) is 5.91 Å². The molecular formula is C11H24N2O. The van der Waals surface area contributed by atoms with Crippen molar-refractivity contribution in [2.24, 2.45) is 17.1 Å². The van der Waals surface area contributed by atoms with Crippen LogP contribution in [0.5, 0.6) is 0 Å². The molecule has 0 aromatic heterocycles. The lowest BCUT2D eigenvalue weighted by atomic mass is 9.90. The van der Waals surface area contributed by atoms with Gasteiger partial charge in [-0.25, -0.2) is 0 Å². The fourth-order valence-electron chi connectivity index (χ4n) is 0.872. The summed E-state index contributed by atoms with van der Waals surface area (Å²) < 4.78 is 0. The molecule has 0 aromatic carbocycles. The lowest BCUT2D eigenvalue weighted by molar-refractivity contribution is -0.123. The molecule has 0 fully saturated rings. The van der Waals surface area contributed by atoms with Crippen LogP contribution in [-0.4, -0.2) is 18.5 Å². The summed E-state index contributed by atoms with van der Waals surface area (Å²) in [6, 6.07) is -0.386. The van der Waals surface area contributed by atoms with E-state index in [4.69, 9.17) is 5.73 Å². The highest BCUT2D eigenvalue weighted by atomic mass is 16.2. The fourth-order valence-corrected chi connectivity index (χ4v) is 0.872. The van der Waals surface area contributed by atoms with Crippen LogP contribution in [0.2, 0.25) is 0 Å². The summed E-state index contributed by atoms with van der Waals surface area (Å²) in [7, 11) is 0. The maximum atomic E-state index is 11.5. The Morgan fingerprint density at radius 2 is 1.93 bits per heavy atom. The van der Waals surface area contributed by atoms with Gasteiger partial charge >= 0.3 is 0 Å². The first-order valence-electron chi connectivity index (χ1n) is 5.33. The Kier molecular flexibility index (Phi) is 5.13. The molecule has 3 heteroatoms. The number of nitrogens with one attached hydrogen (secondary N) is 1. The third-order valence-corrected chi connectivity index (χ3v) is 2.72. The number of hydrogen-bond acceptors (Lipinski definition) is 2. The van der Waals surface area contributed by atoms with Gasteiger partial charge in [-0.3, -0.25) is 4.79 Å². The Balaban J connectivity index is 3.97. The predicted octanol–water partition coefficient (Wildman–Crippen LogP) is 1.52. The molecule has 0 spiro atoms. The zero-order valence-electron chi connectivity index (χ0n) is 10.1. The molecule has 0 aliphatic heterocycles. The van der Waals surface area contributed by atoms with E-state index in [2.05, 4.69) is 26.1 Å². The first-order valence-corrected chi connectivity index (χ1v) is 5.33. The van der Waals surface area contributed by atoms with Crippen molar-refractivity contribution in [3.8, 4) is 0 Å². The summed E-state index contributed by atoms with van der Waals surface area (Å²) in [5.74, 6) is 0.154. The molecule has 0 saturated carbocycles. The van der Waals surface area contributed by atoms with E-state index in [-0.39, 0.29) is 23.3 Å². The first-order chi connectivity index (χ1) is 6.30. The lowest BCUT2D eigenvalue weighted by Crippen LogP contribution is -2.46. The van der Waals surface area contributed by atoms with Gasteiger partial charge in [0.1, 0.15) is 0 Å². The van der Waals surface area contributed by atoms with E-state index in [1.54, 1.807) is 0 Å². The zero-order valence-corrected chi connectivity index (χ0v) is 10.1. The zero-order chi connectivity index (χ0) is 11.4. The SMILES string of the molecule is CCC(C)(C)CNC(=O)C(N)C(C)C. The number of carbonyl (C=O) groups is 1. The first kappa shape index (κ1) is 13.4. The third-order valence-electron chi connectivity index (χ3n) is 2.72. The molecule has 0 aliphatic carbocycles.